The number of likely N-dealkylation sites (tertiary alicyclic amines) is 5. The van der Waals surface area contributed by atoms with E-state index in [0.29, 0.717) is 133 Å². The zero-order valence-electron chi connectivity index (χ0n) is 78.3. The number of rotatable bonds is 34. The molecule has 5 fully saturated rings. The number of amides is 1. The third-order valence-corrected chi connectivity index (χ3v) is 25.8. The van der Waals surface area contributed by atoms with Crippen LogP contribution in [0.15, 0.2) is 243 Å². The summed E-state index contributed by atoms with van der Waals surface area (Å²) in [7, 11) is 1.35. The van der Waals surface area contributed by atoms with Gasteiger partial charge in [0.05, 0.1) is 57.1 Å². The van der Waals surface area contributed by atoms with Crippen molar-refractivity contribution < 1.29 is 78.7 Å². The fourth-order valence-corrected chi connectivity index (χ4v) is 16.3. The molecule has 15 rings (SSSR count). The first kappa shape index (κ1) is 105. The zero-order valence-corrected chi connectivity index (χ0v) is 78.3. The first-order valence-corrected chi connectivity index (χ1v) is 46.6. The van der Waals surface area contributed by atoms with Crippen LogP contribution < -0.4 is 29.4 Å². The Morgan fingerprint density at radius 3 is 0.739 bits per heavy atom. The van der Waals surface area contributed by atoms with E-state index in [4.69, 9.17) is 67.4 Å². The number of methoxy groups -OCH3 is 1. The maximum atomic E-state index is 11.5. The van der Waals surface area contributed by atoms with E-state index >= 15 is 0 Å². The maximum Gasteiger partial charge on any atom is 0.337 e. The van der Waals surface area contributed by atoms with Gasteiger partial charge >= 0.3 is 5.97 Å². The molecule has 0 aromatic heterocycles. The minimum absolute atomic E-state index is 0.0168. The molecule has 722 valence electrons. The molecule has 0 atom stereocenters. The van der Waals surface area contributed by atoms with Crippen LogP contribution in [0.1, 0.15) is 118 Å². The number of aliphatic hydroxyl groups is 6. The van der Waals surface area contributed by atoms with Crippen molar-refractivity contribution in [3.8, 4) is 34.5 Å². The molecule has 0 saturated carbocycles. The van der Waals surface area contributed by atoms with Gasteiger partial charge in [0, 0.05) is 116 Å². The predicted molar refractivity (Wildman–Crippen MR) is 529 cm³/mol. The van der Waals surface area contributed by atoms with Gasteiger partial charge in [-0.05, 0) is 227 Å². The number of benzene rings is 10. The third-order valence-electron chi connectivity index (χ3n) is 25.8. The Morgan fingerprint density at radius 1 is 0.333 bits per heavy atom. The molecule has 0 spiro atoms. The van der Waals surface area contributed by atoms with E-state index < -0.39 is 38.8 Å². The van der Waals surface area contributed by atoms with Crippen molar-refractivity contribution in [3.63, 3.8) is 0 Å². The summed E-state index contributed by atoms with van der Waals surface area (Å²) in [6.07, 6.45) is 11.3. The Hall–Kier alpha value is -13.7. The van der Waals surface area contributed by atoms with Gasteiger partial charge in [-0.1, -0.05) is 133 Å². The lowest BCUT2D eigenvalue weighted by Crippen LogP contribution is -2.48. The highest BCUT2D eigenvalue weighted by molar-refractivity contribution is 5.92. The number of non-ortho nitro benzene ring substituents is 1. The van der Waals surface area contributed by atoms with Crippen LogP contribution in [-0.2, 0) is 43.4 Å². The van der Waals surface area contributed by atoms with Crippen LogP contribution in [0.4, 0.5) is 34.1 Å². The molecular weight excluding hydrogens is 1750 g/mol. The molecule has 0 bridgehead atoms. The van der Waals surface area contributed by atoms with Crippen molar-refractivity contribution >= 4 is 46.0 Å². The van der Waals surface area contributed by atoms with Crippen LogP contribution in [0, 0.1) is 43.0 Å². The molecule has 0 aliphatic carbocycles. The molecule has 5 aliphatic heterocycles. The number of ether oxygens (including phenoxy) is 6. The standard InChI is InChI=1S/C23H26N2O4.C22H25N3O3.C22H26N2O3.C21H23N3O4.C21H24N2O3/c1-24-20-7-3-18(4-8-20)11-14-25-15-12-23(27,13-16-25)17-29-21-9-5-19(6-10-21)22(26)28-2;1-24-19-6-2-17(3-7-19)10-13-25-14-11-22(27,12-15-25)16-28-20-8-4-18(5-9-20)21(23)26;1-23-20-6-2-18(3-7-20)10-13-24-14-11-22(26,12-15-24)17-27-21-8-4-19(16-25)5-9-21;1-22-18-4-2-17(3-5-18)10-13-23-14-11-21(25,12-15-23)16-28-20-8-6-19(7-9-20)24(26)27;1-22-18-4-2-17(3-5-18)10-13-23-14-11-21(25,12-15-23)16-26-20-8-6-19(24)7-9-20/h3-10,27H,11-17H2,2H3;2-9,27H,10-16H2,(H2,23,26);2-9,25-26H,10-17H2;2-9,25H,10-16H2;2-9,24-25H,10-16H2. The highest BCUT2D eigenvalue weighted by Crippen LogP contribution is 2.33. The summed E-state index contributed by atoms with van der Waals surface area (Å²) < 4.78 is 33.3. The van der Waals surface area contributed by atoms with Gasteiger partial charge in [-0.25, -0.2) is 29.0 Å². The summed E-state index contributed by atoms with van der Waals surface area (Å²) in [5.74, 6) is 2.47. The molecule has 138 heavy (non-hydrogen) atoms. The number of aromatic hydroxyl groups is 1. The van der Waals surface area contributed by atoms with Crippen molar-refractivity contribution in [2.75, 3.05) is 138 Å². The average Bonchev–Trinajstić information content (AvgIpc) is 0.833. The van der Waals surface area contributed by atoms with Crippen molar-refractivity contribution in [3.05, 3.63) is 354 Å². The number of phenolic OH excluding ortho intramolecular Hbond substituents is 1. The minimum atomic E-state index is -0.879. The fourth-order valence-electron chi connectivity index (χ4n) is 16.3. The molecule has 10 aromatic rings. The summed E-state index contributed by atoms with van der Waals surface area (Å²) in [6.45, 7) is 49.1. The Bertz CT molecular complexity index is 5510. The number of nitrogens with zero attached hydrogens (tertiary/aromatic N) is 11. The summed E-state index contributed by atoms with van der Waals surface area (Å²) in [6, 6.07) is 71.7. The number of aliphatic hydroxyl groups excluding tert-OH is 1. The van der Waals surface area contributed by atoms with Gasteiger partial charge in [-0.3, -0.25) is 14.9 Å². The van der Waals surface area contributed by atoms with Crippen molar-refractivity contribution in [2.45, 2.75) is 131 Å². The van der Waals surface area contributed by atoms with Crippen molar-refractivity contribution in [2.24, 2.45) is 5.73 Å². The van der Waals surface area contributed by atoms with Gasteiger partial charge in [0.25, 0.3) is 5.69 Å². The number of piperidine rings is 5. The molecule has 5 aliphatic rings. The Morgan fingerprint density at radius 2 is 0.536 bits per heavy atom. The molecule has 0 unspecified atom stereocenters. The van der Waals surface area contributed by atoms with Crippen LogP contribution in [0.5, 0.6) is 34.5 Å². The Balaban J connectivity index is 0.000000165. The number of carbonyl (C=O) groups excluding carboxylic acids is 2. The molecule has 10 aromatic carbocycles. The molecule has 0 radical (unpaired) electrons. The summed E-state index contributed by atoms with van der Waals surface area (Å²) in [5.41, 5.74) is 12.3. The monoisotopic (exact) mass is 1870 g/mol. The van der Waals surface area contributed by atoms with Gasteiger partial charge in [0.15, 0.2) is 28.4 Å². The van der Waals surface area contributed by atoms with Gasteiger partial charge in [0.2, 0.25) is 5.91 Å². The van der Waals surface area contributed by atoms with Gasteiger partial charge in [-0.15, -0.1) is 0 Å². The molecule has 29 nitrogen and oxygen atoms in total. The molecule has 29 heteroatoms. The highest BCUT2D eigenvalue weighted by Gasteiger charge is 2.38. The second kappa shape index (κ2) is 52.6. The largest absolute Gasteiger partial charge is 0.508 e. The number of hydrogen-bond acceptors (Lipinski definition) is 22. The molecule has 5 saturated heterocycles. The highest BCUT2D eigenvalue weighted by atomic mass is 16.6. The van der Waals surface area contributed by atoms with E-state index in [2.05, 4.69) is 53.5 Å². The lowest BCUT2D eigenvalue weighted by molar-refractivity contribution is -0.384. The molecule has 1 amide bonds. The second-order valence-electron chi connectivity index (χ2n) is 35.9. The third kappa shape index (κ3) is 34.9. The van der Waals surface area contributed by atoms with E-state index in [9.17, 15) is 50.3 Å². The minimum Gasteiger partial charge on any atom is -0.508 e. The fraction of sp³-hybridized carbons (Fsp3) is 0.385. The van der Waals surface area contributed by atoms with Crippen LogP contribution in [0.3, 0.4) is 0 Å². The van der Waals surface area contributed by atoms with E-state index in [1.807, 2.05) is 146 Å². The Labute approximate surface area is 808 Å². The van der Waals surface area contributed by atoms with Crippen LogP contribution >= 0.6 is 0 Å². The predicted octanol–water partition coefficient (Wildman–Crippen LogP) is 16.4. The molecule has 9 N–H and O–H groups in total. The van der Waals surface area contributed by atoms with Crippen LogP contribution in [0.25, 0.3) is 24.2 Å². The molecule has 5 heterocycles. The summed E-state index contributed by atoms with van der Waals surface area (Å²) >= 11 is 0. The number of nitro benzene ring substituents is 1. The van der Waals surface area contributed by atoms with E-state index in [1.54, 1.807) is 84.9 Å². The van der Waals surface area contributed by atoms with Gasteiger partial charge < -0.3 is 94.4 Å². The number of nitrogens with two attached hydrogens (primary N) is 1. The lowest BCUT2D eigenvalue weighted by atomic mass is 9.92. The van der Waals surface area contributed by atoms with Crippen LogP contribution in [-0.4, -0.2) is 243 Å². The SMILES string of the molecule is [C-]#[N+]c1ccc(CCN2CCC(O)(COc3ccc(C(=O)OC)cc3)CC2)cc1.[C-]#[N+]c1ccc(CCN2CCC(O)(COc3ccc(C(N)=O)cc3)CC2)cc1.[C-]#[N+]c1ccc(CCN2CCC(O)(COc3ccc(CO)cc3)CC2)cc1.[C-]#[N+]c1ccc(CCN2CCC(O)(COc3ccc(O)cc3)CC2)cc1.[C-]#[N+]c1ccc(CCN2CCC(O)(COc3ccc([N+](=O)[O-])cc3)CC2)cc1. The van der Waals surface area contributed by atoms with E-state index in [0.717, 1.165) is 136 Å². The quantitative estimate of drug-likeness (QED) is 0.00804. The molecular formula is C109H124N12O17. The number of carbonyl (C=O) groups is 2. The topological polar surface area (TPSA) is 338 Å². The average molecular weight is 1870 g/mol. The number of hydrogen-bond donors (Lipinski definition) is 8. The van der Waals surface area contributed by atoms with Crippen LogP contribution in [0.2, 0.25) is 0 Å². The normalized spacial score (nSPS) is 16.4. The van der Waals surface area contributed by atoms with Crippen molar-refractivity contribution in [1.29, 1.82) is 0 Å². The summed E-state index contributed by atoms with van der Waals surface area (Å²) in [5, 5.41) is 82.9. The first-order chi connectivity index (χ1) is 66.6. The Kier molecular flexibility index (Phi) is 40.0. The van der Waals surface area contributed by atoms with E-state index in [-0.39, 0.29) is 57.0 Å². The van der Waals surface area contributed by atoms with Gasteiger partial charge in [-0.2, -0.15) is 0 Å². The lowest BCUT2D eigenvalue weighted by Gasteiger charge is -2.38. The van der Waals surface area contributed by atoms with Gasteiger partial charge in [0.1, 0.15) is 95.5 Å². The first-order valence-electron chi connectivity index (χ1n) is 46.6. The number of esters is 1. The van der Waals surface area contributed by atoms with E-state index in [1.165, 1.54) is 47.1 Å². The number of nitro groups is 1. The smallest absolute Gasteiger partial charge is 0.337 e. The zero-order chi connectivity index (χ0) is 98.2. The maximum absolute atomic E-state index is 11.5. The summed E-state index contributed by atoms with van der Waals surface area (Å²) in [4.78, 5) is 61.6. The number of primary amides is 1. The number of phenols is 1. The van der Waals surface area contributed by atoms with Crippen molar-refractivity contribution in [1.82, 2.24) is 24.5 Å². The second-order valence-corrected chi connectivity index (χ2v) is 35.9.